The molecule has 0 saturated heterocycles. The molecule has 18 aromatic carbocycles. The van der Waals surface area contributed by atoms with Crippen molar-refractivity contribution in [3.63, 3.8) is 0 Å². The van der Waals surface area contributed by atoms with Crippen LogP contribution in [-0.4, -0.2) is 20.1 Å². The van der Waals surface area contributed by atoms with Crippen molar-refractivity contribution in [3.8, 4) is 83.6 Å². The van der Waals surface area contributed by atoms with Gasteiger partial charge in [0.25, 0.3) is 6.71 Å². The molecule has 0 N–H and O–H groups in total. The Kier molecular flexibility index (Phi) is 12.8. The highest BCUT2D eigenvalue weighted by atomic mass is 15.2. The number of rotatable bonds is 10. The van der Waals surface area contributed by atoms with Gasteiger partial charge in [0.05, 0.1) is 65.1 Å². The van der Waals surface area contributed by atoms with Crippen LogP contribution in [-0.2, 0) is 5.41 Å². The topological polar surface area (TPSA) is 20.2 Å². The molecule has 0 bridgehead atoms. The monoisotopic (exact) mass is 1510 g/mol. The van der Waals surface area contributed by atoms with E-state index >= 15 is 0 Å². The summed E-state index contributed by atoms with van der Waals surface area (Å²) in [4.78, 5) is 5.15. The maximum absolute atomic E-state index is 10.8. The Morgan fingerprint density at radius 3 is 1.18 bits per heavy atom. The molecule has 5 nitrogen and oxygen atoms in total. The summed E-state index contributed by atoms with van der Waals surface area (Å²) in [7, 11) is 0. The smallest absolute Gasteiger partial charge is 0.252 e. The van der Waals surface area contributed by atoms with Gasteiger partial charge in [-0.15, -0.1) is 0 Å². The van der Waals surface area contributed by atoms with Crippen molar-refractivity contribution < 1.29 is 9.60 Å². The van der Waals surface area contributed by atoms with Gasteiger partial charge in [0.15, 0.2) is 0 Å². The molecule has 550 valence electrons. The van der Waals surface area contributed by atoms with E-state index in [0.717, 1.165) is 145 Å². The minimum Gasteiger partial charge on any atom is -0.310 e. The van der Waals surface area contributed by atoms with Crippen LogP contribution in [0.25, 0.3) is 182 Å². The van der Waals surface area contributed by atoms with Gasteiger partial charge >= 0.3 is 0 Å². The van der Waals surface area contributed by atoms with Crippen LogP contribution in [0.5, 0.6) is 0 Å². The van der Waals surface area contributed by atoms with Crippen molar-refractivity contribution in [2.24, 2.45) is 0 Å². The van der Waals surface area contributed by atoms with Crippen LogP contribution >= 0.6 is 0 Å². The molecule has 0 aliphatic carbocycles. The minimum atomic E-state index is -0.514. The van der Waals surface area contributed by atoms with E-state index in [1.54, 1.807) is 0 Å². The molecule has 0 atom stereocenters. The van der Waals surface area contributed by atoms with E-state index in [1.165, 1.54) is 54.1 Å². The van der Waals surface area contributed by atoms with Crippen molar-refractivity contribution >= 4 is 155 Å². The molecule has 5 aromatic heterocycles. The zero-order valence-corrected chi connectivity index (χ0v) is 64.8. The molecule has 118 heavy (non-hydrogen) atoms. The normalized spacial score (nSPS) is 13.7. The first-order valence-electron chi connectivity index (χ1n) is 44.2. The van der Waals surface area contributed by atoms with E-state index in [-0.39, 0.29) is 57.6 Å². The van der Waals surface area contributed by atoms with Gasteiger partial charge in [0, 0.05) is 105 Å². The van der Waals surface area contributed by atoms with E-state index in [9.17, 15) is 9.60 Å². The Bertz CT molecular complexity index is 8140. The van der Waals surface area contributed by atoms with E-state index in [4.69, 9.17) is 0 Å². The van der Waals surface area contributed by atoms with Gasteiger partial charge in [-0.3, -0.25) is 0 Å². The number of anilines is 6. The van der Waals surface area contributed by atoms with Crippen molar-refractivity contribution in [2.75, 3.05) is 9.80 Å². The lowest BCUT2D eigenvalue weighted by atomic mass is 9.33. The molecular weight excluding hydrogens is 1430 g/mol. The average Bonchev–Trinajstić information content (AvgIpc) is 1.46. The summed E-state index contributed by atoms with van der Waals surface area (Å²) in [6.07, 6.45) is 0. The number of hydrogen-bond donors (Lipinski definition) is 0. The molecule has 7 heterocycles. The Hall–Kier alpha value is -15.0. The SMILES string of the molecule is [2H]c1c([2H])c([2H])c2c(c1[2H])c1c([2H])c([2H])c(-c3cccc(-c4ccccc4)c3)c([2H])c1n2-c1ccc2c(c1)N(c1c(-c3ccccc3)cccc1-c1ccccc1)c1cc(C(C)(C)C)cc3c1B2c1cc(-c2ccccc2)ccc1N3c1c(-c2cc3c4ccccc4n4c5ccccc5c(c2)c34)cccc1-c1cc2c3ccccc3n3c4ccccc4c(c1)c23. The summed E-state index contributed by atoms with van der Waals surface area (Å²) in [6.45, 7) is 6.43. The van der Waals surface area contributed by atoms with Crippen molar-refractivity contribution in [3.05, 3.63) is 400 Å². The van der Waals surface area contributed by atoms with Crippen LogP contribution < -0.4 is 26.2 Å². The first-order chi connectivity index (χ1) is 61.1. The standard InChI is InChI=1S/C112H74BN5/c1-112(2,3)79-66-105-107-106(67-79)118(108-81(71-33-12-6-13-34-71)44-27-45-82(108)72-35-14-7-15-36-72)104-68-80(114-97-48-21-16-39-85(97)90-56-53-76(65-103(90)114)74-38-26-37-73(59-74)69-29-8-4-9-30-69)55-57-95(104)113(107)96-64-75(70-31-10-5-11-32-70)54-58-102(96)117(105)109-83(77-60-91-86-40-17-22-49-98(86)115-99-50-23-18-41-87(99)92(61-77)110(91)115)46-28-47-84(109)78-62-93-88-42-19-24-51-100(88)116-101-52-25-20-43-89(101)94(63-78)111(93)116/h4-68H,1-3H3/i16D,21D,39D,48D,53D,56D,65D. The molecular formula is C112H74BN5. The third kappa shape index (κ3) is 9.69. The van der Waals surface area contributed by atoms with Crippen LogP contribution in [0.1, 0.15) is 35.9 Å². The Balaban J connectivity index is 0.839. The van der Waals surface area contributed by atoms with Gasteiger partial charge in [-0.1, -0.05) is 318 Å². The second-order valence-electron chi connectivity index (χ2n) is 32.9. The van der Waals surface area contributed by atoms with Crippen LogP contribution in [0.15, 0.2) is 394 Å². The molecule has 0 unspecified atom stereocenters. The van der Waals surface area contributed by atoms with E-state index in [1.807, 2.05) is 59.2 Å². The molecule has 0 amide bonds. The van der Waals surface area contributed by atoms with Crippen LogP contribution in [0.2, 0.25) is 0 Å². The van der Waals surface area contributed by atoms with Gasteiger partial charge in [-0.2, -0.15) is 0 Å². The lowest BCUT2D eigenvalue weighted by molar-refractivity contribution is 0.590. The number of hydrogen-bond acceptors (Lipinski definition) is 2. The number of fused-ring (bicyclic) bond motifs is 19. The molecule has 0 saturated carbocycles. The van der Waals surface area contributed by atoms with Gasteiger partial charge < -0.3 is 23.2 Å². The van der Waals surface area contributed by atoms with Gasteiger partial charge in [0.1, 0.15) is 0 Å². The molecule has 6 heteroatoms. The molecule has 0 spiro atoms. The third-order valence-corrected chi connectivity index (χ3v) is 25.4. The van der Waals surface area contributed by atoms with Crippen LogP contribution in [0, 0.1) is 0 Å². The van der Waals surface area contributed by atoms with Gasteiger partial charge in [0.2, 0.25) is 0 Å². The average molecular weight is 1510 g/mol. The van der Waals surface area contributed by atoms with Crippen molar-refractivity contribution in [2.45, 2.75) is 26.2 Å². The van der Waals surface area contributed by atoms with E-state index < -0.39 is 24.2 Å². The third-order valence-electron chi connectivity index (χ3n) is 25.4. The lowest BCUT2D eigenvalue weighted by Crippen LogP contribution is -2.61. The molecule has 0 fully saturated rings. The van der Waals surface area contributed by atoms with Gasteiger partial charge in [-0.05, 0) is 180 Å². The van der Waals surface area contributed by atoms with Crippen molar-refractivity contribution in [1.82, 2.24) is 13.4 Å². The number of benzene rings is 18. The quantitative estimate of drug-likeness (QED) is 0.127. The highest BCUT2D eigenvalue weighted by molar-refractivity contribution is 7.00. The second kappa shape index (κ2) is 25.3. The maximum Gasteiger partial charge on any atom is 0.252 e. The van der Waals surface area contributed by atoms with Crippen molar-refractivity contribution in [1.29, 1.82) is 0 Å². The first kappa shape index (κ1) is 59.7. The summed E-state index contributed by atoms with van der Waals surface area (Å²) >= 11 is 0. The predicted molar refractivity (Wildman–Crippen MR) is 501 cm³/mol. The Labute approximate surface area is 693 Å². The fourth-order valence-electron chi connectivity index (χ4n) is 20.2. The fourth-order valence-corrected chi connectivity index (χ4v) is 20.2. The molecule has 2 aliphatic rings. The summed E-state index contributed by atoms with van der Waals surface area (Å²) in [5, 5.41) is 9.58. The number of para-hydroxylation sites is 7. The first-order valence-corrected chi connectivity index (χ1v) is 40.7. The molecule has 23 aromatic rings. The van der Waals surface area contributed by atoms with Crippen LogP contribution in [0.3, 0.4) is 0 Å². The maximum atomic E-state index is 10.8. The Morgan fingerprint density at radius 1 is 0.263 bits per heavy atom. The second-order valence-corrected chi connectivity index (χ2v) is 32.9. The molecule has 2 aliphatic heterocycles. The summed E-state index contributed by atoms with van der Waals surface area (Å²) in [6, 6.07) is 125. The zero-order valence-electron chi connectivity index (χ0n) is 71.8. The molecule has 25 rings (SSSR count). The summed E-state index contributed by atoms with van der Waals surface area (Å²) < 4.78 is 76.9. The summed E-state index contributed by atoms with van der Waals surface area (Å²) in [5.74, 6) is 0. The number of aromatic nitrogens is 3. The zero-order chi connectivity index (χ0) is 83.8. The highest BCUT2D eigenvalue weighted by Crippen LogP contribution is 2.56. The van der Waals surface area contributed by atoms with Gasteiger partial charge in [-0.25, -0.2) is 0 Å². The molecule has 0 radical (unpaired) electrons. The van der Waals surface area contributed by atoms with E-state index in [2.05, 4.69) is 337 Å². The number of nitrogens with zero attached hydrogens (tertiary/aromatic N) is 5. The minimum absolute atomic E-state index is 0.0676. The lowest BCUT2D eigenvalue weighted by Gasteiger charge is -2.46. The fraction of sp³-hybridized carbons (Fsp3) is 0.0357. The van der Waals surface area contributed by atoms with Crippen LogP contribution in [0.4, 0.5) is 34.1 Å². The van der Waals surface area contributed by atoms with E-state index in [0.29, 0.717) is 11.3 Å². The predicted octanol–water partition coefficient (Wildman–Crippen LogP) is 28.1. The summed E-state index contributed by atoms with van der Waals surface area (Å²) in [5.41, 5.74) is 29.9. The highest BCUT2D eigenvalue weighted by Gasteiger charge is 2.46. The Morgan fingerprint density at radius 2 is 0.678 bits per heavy atom. The largest absolute Gasteiger partial charge is 0.310 e.